The van der Waals surface area contributed by atoms with Gasteiger partial charge in [0.15, 0.2) is 5.78 Å². The van der Waals surface area contributed by atoms with Crippen molar-refractivity contribution in [3.8, 4) is 0 Å². The lowest BCUT2D eigenvalue weighted by Crippen LogP contribution is -2.35. The maximum Gasteiger partial charge on any atom is 0.159 e. The Balaban J connectivity index is 3.21. The van der Waals surface area contributed by atoms with E-state index in [1.807, 2.05) is 64.9 Å². The van der Waals surface area contributed by atoms with Crippen molar-refractivity contribution in [2.24, 2.45) is 5.41 Å². The molecule has 0 aromatic heterocycles. The van der Waals surface area contributed by atoms with Gasteiger partial charge >= 0.3 is 0 Å². The second-order valence-corrected chi connectivity index (χ2v) is 6.40. The van der Waals surface area contributed by atoms with Gasteiger partial charge in [-0.05, 0) is 38.2 Å². The molecule has 0 aliphatic rings. The van der Waals surface area contributed by atoms with Crippen LogP contribution < -0.4 is 0 Å². The Bertz CT molecular complexity index is 446. The van der Waals surface area contributed by atoms with Crippen molar-refractivity contribution in [2.75, 3.05) is 14.1 Å². The summed E-state index contributed by atoms with van der Waals surface area (Å²) in [6, 6.07) is 5.59. The molecule has 1 unspecified atom stereocenters. The number of halogens is 1. The summed E-state index contributed by atoms with van der Waals surface area (Å²) < 4.78 is 0. The van der Waals surface area contributed by atoms with Crippen LogP contribution in [0.3, 0.4) is 0 Å². The Labute approximate surface area is 115 Å². The number of likely N-dealkylation sites (N-methyl/N-ethyl adjacent to an activating group) is 1. The molecule has 3 heteroatoms. The van der Waals surface area contributed by atoms with Crippen molar-refractivity contribution in [1.82, 2.24) is 4.90 Å². The summed E-state index contributed by atoms with van der Waals surface area (Å²) in [5.41, 5.74) is 1.61. The zero-order chi connectivity index (χ0) is 14.1. The van der Waals surface area contributed by atoms with Crippen LogP contribution in [0.1, 0.15) is 37.9 Å². The molecule has 0 bridgehead atoms. The van der Waals surface area contributed by atoms with E-state index in [0.717, 1.165) is 11.1 Å². The molecular formula is C15H22ClNO. The number of benzene rings is 1. The van der Waals surface area contributed by atoms with Crippen LogP contribution in [-0.4, -0.2) is 24.8 Å². The summed E-state index contributed by atoms with van der Waals surface area (Å²) >= 11 is 6.15. The number of aryl methyl sites for hydroxylation is 1. The van der Waals surface area contributed by atoms with E-state index in [2.05, 4.69) is 0 Å². The minimum Gasteiger partial charge on any atom is -0.297 e. The lowest BCUT2D eigenvalue weighted by atomic mass is 9.83. The molecule has 1 atom stereocenters. The number of Topliss-reactive ketones (excluding diaryl/α,β-unsaturated/α-hetero) is 1. The molecule has 2 nitrogen and oxygen atoms in total. The van der Waals surface area contributed by atoms with Crippen molar-refractivity contribution in [3.05, 3.63) is 34.3 Å². The Morgan fingerprint density at radius 2 is 1.83 bits per heavy atom. The number of carbonyl (C=O) groups excluding carboxylic acids is 1. The van der Waals surface area contributed by atoms with Crippen molar-refractivity contribution in [3.63, 3.8) is 0 Å². The molecule has 18 heavy (non-hydrogen) atoms. The van der Waals surface area contributed by atoms with Gasteiger partial charge in [-0.1, -0.05) is 44.5 Å². The van der Waals surface area contributed by atoms with E-state index in [0.29, 0.717) is 5.02 Å². The molecule has 0 amide bonds. The number of rotatable bonds is 3. The van der Waals surface area contributed by atoms with Gasteiger partial charge in [-0.15, -0.1) is 0 Å². The van der Waals surface area contributed by atoms with Crippen LogP contribution in [0.15, 0.2) is 18.2 Å². The molecule has 0 N–H and O–H groups in total. The molecule has 0 heterocycles. The zero-order valence-electron chi connectivity index (χ0n) is 12.0. The third-order valence-corrected chi connectivity index (χ3v) is 3.42. The molecule has 0 radical (unpaired) electrons. The predicted molar refractivity (Wildman–Crippen MR) is 77.1 cm³/mol. The fraction of sp³-hybridized carbons (Fsp3) is 0.533. The summed E-state index contributed by atoms with van der Waals surface area (Å²) in [5.74, 6) is 0.201. The first-order chi connectivity index (χ1) is 8.14. The first-order valence-electron chi connectivity index (χ1n) is 6.11. The van der Waals surface area contributed by atoms with Crippen molar-refractivity contribution in [2.45, 2.75) is 33.7 Å². The minimum atomic E-state index is -0.369. The van der Waals surface area contributed by atoms with E-state index in [4.69, 9.17) is 11.6 Å². The first kappa shape index (κ1) is 15.2. The van der Waals surface area contributed by atoms with Crippen molar-refractivity contribution < 1.29 is 4.79 Å². The molecule has 0 aliphatic heterocycles. The zero-order valence-corrected chi connectivity index (χ0v) is 12.8. The van der Waals surface area contributed by atoms with Crippen LogP contribution in [0, 0.1) is 12.3 Å². The van der Waals surface area contributed by atoms with Crippen LogP contribution in [0.5, 0.6) is 0 Å². The molecule has 0 fully saturated rings. The average molecular weight is 268 g/mol. The highest BCUT2D eigenvalue weighted by Crippen LogP contribution is 2.31. The van der Waals surface area contributed by atoms with E-state index >= 15 is 0 Å². The second-order valence-electron chi connectivity index (χ2n) is 5.99. The fourth-order valence-corrected chi connectivity index (χ4v) is 2.06. The lowest BCUT2D eigenvalue weighted by molar-refractivity contribution is -0.131. The van der Waals surface area contributed by atoms with Gasteiger partial charge in [-0.2, -0.15) is 0 Å². The van der Waals surface area contributed by atoms with Gasteiger partial charge in [0, 0.05) is 10.4 Å². The maximum atomic E-state index is 12.5. The van der Waals surface area contributed by atoms with Crippen molar-refractivity contribution >= 4 is 17.4 Å². The number of hydrogen-bond acceptors (Lipinski definition) is 2. The lowest BCUT2D eigenvalue weighted by Gasteiger charge is -2.30. The molecule has 100 valence electrons. The van der Waals surface area contributed by atoms with E-state index in [1.54, 1.807) is 0 Å². The highest BCUT2D eigenvalue weighted by molar-refractivity contribution is 6.31. The highest BCUT2D eigenvalue weighted by Gasteiger charge is 2.32. The number of hydrogen-bond donors (Lipinski definition) is 0. The number of nitrogens with zero attached hydrogens (tertiary/aromatic N) is 1. The van der Waals surface area contributed by atoms with Crippen molar-refractivity contribution in [1.29, 1.82) is 0 Å². The molecule has 0 saturated carbocycles. The molecule has 0 aliphatic carbocycles. The molecular weight excluding hydrogens is 246 g/mol. The third kappa shape index (κ3) is 3.33. The van der Waals surface area contributed by atoms with E-state index in [-0.39, 0.29) is 17.2 Å². The number of carbonyl (C=O) groups is 1. The van der Waals surface area contributed by atoms with Gasteiger partial charge < -0.3 is 0 Å². The summed E-state index contributed by atoms with van der Waals surface area (Å²) in [7, 11) is 3.84. The number of ketones is 1. The Hall–Kier alpha value is -0.860. The predicted octanol–water partition coefficient (Wildman–Crippen LogP) is 3.87. The monoisotopic (exact) mass is 267 g/mol. The smallest absolute Gasteiger partial charge is 0.159 e. The molecule has 0 saturated heterocycles. The Morgan fingerprint density at radius 3 is 2.22 bits per heavy atom. The average Bonchev–Trinajstić information content (AvgIpc) is 2.21. The van der Waals surface area contributed by atoms with Gasteiger partial charge in [0.1, 0.15) is 0 Å². The first-order valence-corrected chi connectivity index (χ1v) is 6.49. The Morgan fingerprint density at radius 1 is 1.28 bits per heavy atom. The van der Waals surface area contributed by atoms with Crippen LogP contribution in [0.25, 0.3) is 0 Å². The summed E-state index contributed by atoms with van der Waals surface area (Å²) in [4.78, 5) is 14.5. The largest absolute Gasteiger partial charge is 0.297 e. The SMILES string of the molecule is Cc1ccc(C(C(=O)C(C)(C)C)N(C)C)cc1Cl. The summed E-state index contributed by atoms with van der Waals surface area (Å²) in [6.07, 6.45) is 0. The fourth-order valence-electron chi connectivity index (χ4n) is 1.87. The minimum absolute atomic E-state index is 0.201. The molecule has 1 rings (SSSR count). The quantitative estimate of drug-likeness (QED) is 0.829. The van der Waals surface area contributed by atoms with E-state index < -0.39 is 0 Å². The standard InChI is InChI=1S/C15H22ClNO/c1-10-7-8-11(9-12(10)16)13(17(5)6)14(18)15(2,3)4/h7-9,13H,1-6H3. The topological polar surface area (TPSA) is 20.3 Å². The Kier molecular flexibility index (Phi) is 4.57. The van der Waals surface area contributed by atoms with Gasteiger partial charge in [0.05, 0.1) is 6.04 Å². The normalized spacial score (nSPS) is 13.8. The van der Waals surface area contributed by atoms with Crippen LogP contribution in [0.2, 0.25) is 5.02 Å². The van der Waals surface area contributed by atoms with E-state index in [1.165, 1.54) is 0 Å². The second kappa shape index (κ2) is 5.41. The summed E-state index contributed by atoms with van der Waals surface area (Å²) in [6.45, 7) is 7.80. The third-order valence-electron chi connectivity index (χ3n) is 3.02. The van der Waals surface area contributed by atoms with Crippen LogP contribution >= 0.6 is 11.6 Å². The van der Waals surface area contributed by atoms with Crippen LogP contribution in [0.4, 0.5) is 0 Å². The molecule has 1 aromatic rings. The van der Waals surface area contributed by atoms with Gasteiger partial charge in [0.25, 0.3) is 0 Å². The molecule has 0 spiro atoms. The maximum absolute atomic E-state index is 12.5. The summed E-state index contributed by atoms with van der Waals surface area (Å²) in [5, 5.41) is 0.709. The van der Waals surface area contributed by atoms with Crippen LogP contribution in [-0.2, 0) is 4.79 Å². The van der Waals surface area contributed by atoms with Gasteiger partial charge in [-0.25, -0.2) is 0 Å². The molecule has 1 aromatic carbocycles. The highest BCUT2D eigenvalue weighted by atomic mass is 35.5. The van der Waals surface area contributed by atoms with Gasteiger partial charge in [0.2, 0.25) is 0 Å². The van der Waals surface area contributed by atoms with Gasteiger partial charge in [-0.3, -0.25) is 9.69 Å². The van der Waals surface area contributed by atoms with E-state index in [9.17, 15) is 4.79 Å².